The lowest BCUT2D eigenvalue weighted by atomic mass is 10.2. The SMILES string of the molecule is Cl.N#Cc1ccc(Nc2nc(N3CCN(c4ccccc4)CC3)nc(N3CCN(c4ccccc4)CC3)n2)cn1. The molecule has 0 atom stereocenters. The van der Waals surface area contributed by atoms with Crippen LogP contribution < -0.4 is 24.9 Å². The van der Waals surface area contributed by atoms with E-state index < -0.39 is 0 Å². The molecule has 2 aromatic carbocycles. The number of piperazine rings is 2. The van der Waals surface area contributed by atoms with Crippen molar-refractivity contribution in [3.05, 3.63) is 84.7 Å². The van der Waals surface area contributed by atoms with E-state index in [0.29, 0.717) is 23.5 Å². The van der Waals surface area contributed by atoms with Gasteiger partial charge in [0, 0.05) is 63.7 Å². The number of aromatic nitrogens is 4. The van der Waals surface area contributed by atoms with Crippen molar-refractivity contribution in [1.29, 1.82) is 5.26 Å². The van der Waals surface area contributed by atoms with Gasteiger partial charge in [-0.1, -0.05) is 36.4 Å². The first-order chi connectivity index (χ1) is 19.2. The van der Waals surface area contributed by atoms with Crippen molar-refractivity contribution >= 4 is 47.3 Å². The van der Waals surface area contributed by atoms with Gasteiger partial charge >= 0.3 is 0 Å². The second-order valence-corrected chi connectivity index (χ2v) is 9.55. The molecule has 204 valence electrons. The molecule has 6 rings (SSSR count). The molecule has 0 radical (unpaired) electrons. The first-order valence-electron chi connectivity index (χ1n) is 13.2. The Bertz CT molecular complexity index is 1340. The molecule has 0 amide bonds. The highest BCUT2D eigenvalue weighted by molar-refractivity contribution is 5.85. The van der Waals surface area contributed by atoms with E-state index in [0.717, 1.165) is 58.0 Å². The van der Waals surface area contributed by atoms with Gasteiger partial charge < -0.3 is 24.9 Å². The average Bonchev–Trinajstić information content (AvgIpc) is 3.02. The Morgan fingerprint density at radius 2 is 1.07 bits per heavy atom. The molecular weight excluding hydrogens is 524 g/mol. The van der Waals surface area contributed by atoms with E-state index in [9.17, 15) is 0 Å². The number of para-hydroxylation sites is 2. The van der Waals surface area contributed by atoms with Gasteiger partial charge in [-0.25, -0.2) is 4.98 Å². The number of nitrogens with zero attached hydrogens (tertiary/aromatic N) is 9. The van der Waals surface area contributed by atoms with E-state index in [-0.39, 0.29) is 12.4 Å². The van der Waals surface area contributed by atoms with Gasteiger partial charge in [0.25, 0.3) is 0 Å². The lowest BCUT2D eigenvalue weighted by molar-refractivity contribution is 0.624. The Balaban J connectivity index is 0.00000323. The standard InChI is InChI=1S/C29H30N10.ClH/c30-21-23-11-12-24(22-31-23)32-27-33-28(38-17-13-36(14-18-38)25-7-3-1-4-8-25)35-29(34-27)39-19-15-37(16-20-39)26-9-5-2-6-10-26;/h1-12,22H,13-20H2,(H,32,33,34,35);1H. The molecule has 0 saturated carbocycles. The van der Waals surface area contributed by atoms with Gasteiger partial charge in [-0.05, 0) is 36.4 Å². The quantitative estimate of drug-likeness (QED) is 0.377. The molecule has 0 unspecified atom stereocenters. The second-order valence-electron chi connectivity index (χ2n) is 9.55. The molecule has 11 heteroatoms. The lowest BCUT2D eigenvalue weighted by Gasteiger charge is -2.38. The van der Waals surface area contributed by atoms with Crippen molar-refractivity contribution in [2.45, 2.75) is 0 Å². The molecule has 0 aliphatic carbocycles. The molecule has 2 aliphatic heterocycles. The van der Waals surface area contributed by atoms with Crippen LogP contribution in [-0.4, -0.2) is 72.3 Å². The maximum atomic E-state index is 9.08. The van der Waals surface area contributed by atoms with E-state index in [1.807, 2.05) is 18.2 Å². The highest BCUT2D eigenvalue weighted by Crippen LogP contribution is 2.24. The van der Waals surface area contributed by atoms with Crippen LogP contribution in [0.5, 0.6) is 0 Å². The predicted octanol–water partition coefficient (Wildman–Crippen LogP) is 3.96. The van der Waals surface area contributed by atoms with Crippen LogP contribution in [0.25, 0.3) is 0 Å². The average molecular weight is 555 g/mol. The van der Waals surface area contributed by atoms with Gasteiger partial charge in [-0.3, -0.25) is 0 Å². The fraction of sp³-hybridized carbons (Fsp3) is 0.276. The Labute approximate surface area is 240 Å². The second kappa shape index (κ2) is 12.5. The first kappa shape index (κ1) is 27.0. The van der Waals surface area contributed by atoms with Crippen molar-refractivity contribution < 1.29 is 0 Å². The van der Waals surface area contributed by atoms with E-state index in [1.165, 1.54) is 11.4 Å². The summed E-state index contributed by atoms with van der Waals surface area (Å²) in [5.74, 6) is 1.81. The molecule has 2 saturated heterocycles. The summed E-state index contributed by atoms with van der Waals surface area (Å²) in [5, 5.41) is 12.4. The zero-order valence-electron chi connectivity index (χ0n) is 22.1. The third kappa shape index (κ3) is 6.16. The van der Waals surface area contributed by atoms with Crippen LogP contribution in [0.15, 0.2) is 79.0 Å². The number of rotatable bonds is 6. The summed E-state index contributed by atoms with van der Waals surface area (Å²) in [6.07, 6.45) is 1.62. The number of anilines is 6. The van der Waals surface area contributed by atoms with Crippen LogP contribution in [0, 0.1) is 11.3 Å². The zero-order valence-corrected chi connectivity index (χ0v) is 22.9. The van der Waals surface area contributed by atoms with Gasteiger partial charge in [0.15, 0.2) is 0 Å². The van der Waals surface area contributed by atoms with Gasteiger partial charge in [-0.15, -0.1) is 12.4 Å². The highest BCUT2D eigenvalue weighted by atomic mass is 35.5. The molecule has 2 fully saturated rings. The third-order valence-corrected chi connectivity index (χ3v) is 7.11. The molecule has 2 aliphatic rings. The minimum absolute atomic E-state index is 0. The summed E-state index contributed by atoms with van der Waals surface area (Å²) >= 11 is 0. The van der Waals surface area contributed by atoms with Crippen molar-refractivity contribution in [2.75, 3.05) is 77.3 Å². The molecule has 10 nitrogen and oxygen atoms in total. The molecule has 4 heterocycles. The number of nitrogens with one attached hydrogen (secondary N) is 1. The van der Waals surface area contributed by atoms with Crippen molar-refractivity contribution in [1.82, 2.24) is 19.9 Å². The Morgan fingerprint density at radius 1 is 0.600 bits per heavy atom. The first-order valence-corrected chi connectivity index (χ1v) is 13.2. The summed E-state index contributed by atoms with van der Waals surface area (Å²) in [5.41, 5.74) is 3.56. The monoisotopic (exact) mass is 554 g/mol. The molecular formula is C29H31ClN10. The maximum Gasteiger partial charge on any atom is 0.233 e. The number of halogens is 1. The number of benzene rings is 2. The maximum absolute atomic E-state index is 9.08. The fourth-order valence-corrected chi connectivity index (χ4v) is 4.96. The van der Waals surface area contributed by atoms with Gasteiger partial charge in [-0.2, -0.15) is 20.2 Å². The number of nitriles is 1. The van der Waals surface area contributed by atoms with Crippen LogP contribution in [0.4, 0.5) is 34.9 Å². The molecule has 0 bridgehead atoms. The summed E-state index contributed by atoms with van der Waals surface area (Å²) < 4.78 is 0. The fourth-order valence-electron chi connectivity index (χ4n) is 4.96. The highest BCUT2D eigenvalue weighted by Gasteiger charge is 2.24. The van der Waals surface area contributed by atoms with Crippen LogP contribution in [0.2, 0.25) is 0 Å². The number of hydrogen-bond acceptors (Lipinski definition) is 10. The molecule has 40 heavy (non-hydrogen) atoms. The van der Waals surface area contributed by atoms with Crippen LogP contribution in [0.1, 0.15) is 5.69 Å². The van der Waals surface area contributed by atoms with E-state index in [2.05, 4.69) is 84.5 Å². The number of hydrogen-bond donors (Lipinski definition) is 1. The lowest BCUT2D eigenvalue weighted by Crippen LogP contribution is -2.48. The normalized spacial score (nSPS) is 15.3. The van der Waals surface area contributed by atoms with Crippen molar-refractivity contribution in [3.8, 4) is 6.07 Å². The van der Waals surface area contributed by atoms with Gasteiger partial charge in [0.05, 0.1) is 11.9 Å². The number of pyridine rings is 1. The molecule has 1 N–H and O–H groups in total. The summed E-state index contributed by atoms with van der Waals surface area (Å²) in [6.45, 7) is 6.84. The van der Waals surface area contributed by atoms with E-state index in [1.54, 1.807) is 12.3 Å². The zero-order chi connectivity index (χ0) is 26.4. The minimum atomic E-state index is 0. The summed E-state index contributed by atoms with van der Waals surface area (Å²) in [7, 11) is 0. The van der Waals surface area contributed by atoms with Crippen molar-refractivity contribution in [3.63, 3.8) is 0 Å². The summed E-state index contributed by atoms with van der Waals surface area (Å²) in [6, 6.07) is 26.5. The minimum Gasteiger partial charge on any atom is -0.368 e. The Kier molecular flexibility index (Phi) is 8.42. The topological polar surface area (TPSA) is 100 Å². The van der Waals surface area contributed by atoms with Crippen LogP contribution in [0.3, 0.4) is 0 Å². The van der Waals surface area contributed by atoms with Crippen LogP contribution in [-0.2, 0) is 0 Å². The van der Waals surface area contributed by atoms with Crippen LogP contribution >= 0.6 is 12.4 Å². The Morgan fingerprint density at radius 3 is 1.50 bits per heavy atom. The smallest absolute Gasteiger partial charge is 0.233 e. The largest absolute Gasteiger partial charge is 0.368 e. The molecule has 0 spiro atoms. The molecule has 2 aromatic heterocycles. The van der Waals surface area contributed by atoms with Crippen molar-refractivity contribution in [2.24, 2.45) is 0 Å². The van der Waals surface area contributed by atoms with E-state index in [4.69, 9.17) is 20.2 Å². The summed E-state index contributed by atoms with van der Waals surface area (Å²) in [4.78, 5) is 27.9. The molecule has 4 aromatic rings. The van der Waals surface area contributed by atoms with Gasteiger partial charge in [0.2, 0.25) is 17.8 Å². The Hall–Kier alpha value is -4.62. The predicted molar refractivity (Wildman–Crippen MR) is 161 cm³/mol. The third-order valence-electron chi connectivity index (χ3n) is 7.11. The van der Waals surface area contributed by atoms with E-state index >= 15 is 0 Å². The van der Waals surface area contributed by atoms with Gasteiger partial charge in [0.1, 0.15) is 11.8 Å².